The maximum absolute atomic E-state index is 2.49. The maximum Gasteiger partial charge on any atom is 0.0465 e. The van der Waals surface area contributed by atoms with Gasteiger partial charge in [0.05, 0.1) is 0 Å². The van der Waals surface area contributed by atoms with Gasteiger partial charge in [0, 0.05) is 28.4 Å². The summed E-state index contributed by atoms with van der Waals surface area (Å²) in [5.41, 5.74) is 21.7. The van der Waals surface area contributed by atoms with E-state index in [9.17, 15) is 0 Å². The van der Waals surface area contributed by atoms with Gasteiger partial charge in [0.15, 0.2) is 0 Å². The van der Waals surface area contributed by atoms with E-state index in [1.165, 1.54) is 89.4 Å². The smallest absolute Gasteiger partial charge is 0.0465 e. The van der Waals surface area contributed by atoms with Gasteiger partial charge in [0.2, 0.25) is 0 Å². The minimum atomic E-state index is -0.156. The number of anilines is 3. The van der Waals surface area contributed by atoms with Gasteiger partial charge in [0.1, 0.15) is 0 Å². The summed E-state index contributed by atoms with van der Waals surface area (Å²) in [7, 11) is 0. The van der Waals surface area contributed by atoms with E-state index in [4.69, 9.17) is 0 Å². The minimum absolute atomic E-state index is 0.0977. The molecule has 0 amide bonds. The lowest BCUT2D eigenvalue weighted by atomic mass is 9.77. The van der Waals surface area contributed by atoms with Crippen molar-refractivity contribution in [1.29, 1.82) is 0 Å². The largest absolute Gasteiger partial charge is 0.310 e. The first kappa shape index (κ1) is 32.7. The fourth-order valence-corrected chi connectivity index (χ4v) is 9.13. The molecule has 0 fully saturated rings. The summed E-state index contributed by atoms with van der Waals surface area (Å²) in [5.74, 6) is 0.362. The summed E-state index contributed by atoms with van der Waals surface area (Å²) < 4.78 is 0. The Morgan fingerprint density at radius 1 is 0.577 bits per heavy atom. The van der Waals surface area contributed by atoms with E-state index >= 15 is 0 Å². The number of fused-ring (bicyclic) bond motifs is 6. The van der Waals surface area contributed by atoms with Crippen LogP contribution in [-0.4, -0.2) is 0 Å². The Hall–Kier alpha value is -5.14. The molecule has 5 aromatic carbocycles. The summed E-state index contributed by atoms with van der Waals surface area (Å²) in [5, 5.41) is 0. The molecule has 1 heteroatoms. The fourth-order valence-electron chi connectivity index (χ4n) is 9.13. The van der Waals surface area contributed by atoms with Crippen molar-refractivity contribution >= 4 is 28.2 Å². The normalized spacial score (nSPS) is 18.0. The molecule has 0 heterocycles. The van der Waals surface area contributed by atoms with Gasteiger partial charge in [-0.1, -0.05) is 146 Å². The second-order valence-electron chi connectivity index (χ2n) is 17.8. The van der Waals surface area contributed by atoms with Crippen molar-refractivity contribution in [3.8, 4) is 11.1 Å². The number of rotatable bonds is 4. The molecular weight excluding hydrogens is 627 g/mol. The molecule has 4 aliphatic rings. The van der Waals surface area contributed by atoms with Crippen LogP contribution in [0.4, 0.5) is 17.1 Å². The Kier molecular flexibility index (Phi) is 7.20. The Morgan fingerprint density at radius 2 is 1.15 bits per heavy atom. The lowest BCUT2D eigenvalue weighted by Crippen LogP contribution is -2.17. The third-order valence-corrected chi connectivity index (χ3v) is 12.1. The monoisotopic (exact) mass is 675 g/mol. The Balaban J connectivity index is 1.12. The van der Waals surface area contributed by atoms with E-state index in [0.29, 0.717) is 5.92 Å². The van der Waals surface area contributed by atoms with Gasteiger partial charge < -0.3 is 4.90 Å². The van der Waals surface area contributed by atoms with Crippen LogP contribution in [0.15, 0.2) is 145 Å². The number of hydrogen-bond donors (Lipinski definition) is 0. The zero-order valence-corrected chi connectivity index (χ0v) is 31.9. The third kappa shape index (κ3) is 5.04. The summed E-state index contributed by atoms with van der Waals surface area (Å²) in [6.07, 6.45) is 10.6. The van der Waals surface area contributed by atoms with Crippen LogP contribution in [0.1, 0.15) is 107 Å². The lowest BCUT2D eigenvalue weighted by molar-refractivity contribution is 0.590. The van der Waals surface area contributed by atoms with Crippen LogP contribution in [0.3, 0.4) is 0 Å². The molecule has 0 radical (unpaired) electrons. The quantitative estimate of drug-likeness (QED) is 0.183. The molecule has 4 aliphatic carbocycles. The van der Waals surface area contributed by atoms with Crippen molar-refractivity contribution in [3.63, 3.8) is 0 Å². The lowest BCUT2D eigenvalue weighted by Gasteiger charge is -2.29. The van der Waals surface area contributed by atoms with Gasteiger partial charge in [-0.25, -0.2) is 0 Å². The average molecular weight is 676 g/mol. The van der Waals surface area contributed by atoms with Crippen LogP contribution < -0.4 is 4.90 Å². The minimum Gasteiger partial charge on any atom is -0.310 e. The van der Waals surface area contributed by atoms with Crippen molar-refractivity contribution in [2.75, 3.05) is 4.90 Å². The highest BCUT2D eigenvalue weighted by atomic mass is 15.1. The molecule has 0 spiro atoms. The molecule has 0 bridgehead atoms. The first-order valence-corrected chi connectivity index (χ1v) is 19.0. The Morgan fingerprint density at radius 3 is 1.79 bits per heavy atom. The molecule has 258 valence electrons. The molecule has 1 unspecified atom stereocenters. The molecular formula is C51H49N. The summed E-state index contributed by atoms with van der Waals surface area (Å²) in [6.45, 7) is 18.5. The van der Waals surface area contributed by atoms with Crippen molar-refractivity contribution in [1.82, 2.24) is 0 Å². The summed E-state index contributed by atoms with van der Waals surface area (Å²) in [4.78, 5) is 2.43. The van der Waals surface area contributed by atoms with Gasteiger partial charge in [0.25, 0.3) is 0 Å². The average Bonchev–Trinajstić information content (AvgIpc) is 3.57. The van der Waals surface area contributed by atoms with Crippen molar-refractivity contribution < 1.29 is 0 Å². The van der Waals surface area contributed by atoms with Gasteiger partial charge in [-0.3, -0.25) is 0 Å². The first-order chi connectivity index (χ1) is 24.8. The predicted octanol–water partition coefficient (Wildman–Crippen LogP) is 13.9. The van der Waals surface area contributed by atoms with Crippen LogP contribution in [0, 0.1) is 0 Å². The standard InChI is InChI=1S/C51H49N/c1-49(2,3)33-17-21-35(22-18-33)52(36-23-19-34(20-24-36)50(4,5)6)37-25-27-42-41-26-16-32(30-46(41)51(7,8)47(42)31-37)38-28-29-45-40-13-10-9-12-39(40)44-15-11-14-43(38)48(44)45/h9-14,16-31,45H,15H2,1-8H3. The van der Waals surface area contributed by atoms with Crippen molar-refractivity contribution in [2.45, 2.75) is 84.0 Å². The van der Waals surface area contributed by atoms with Gasteiger partial charge >= 0.3 is 0 Å². The SMILES string of the molecule is CC(C)(C)c1ccc(N(c2ccc(C(C)(C)C)cc2)c2ccc3c(c2)C(C)(C)c2cc(C4=C5C=CCC6=C5C(C=C4)c4ccccc46)ccc2-3)cc1. The molecule has 0 saturated heterocycles. The van der Waals surface area contributed by atoms with E-state index in [0.717, 1.165) is 6.42 Å². The second kappa shape index (κ2) is 11.4. The number of hydrogen-bond acceptors (Lipinski definition) is 1. The van der Waals surface area contributed by atoms with Crippen LogP contribution >= 0.6 is 0 Å². The topological polar surface area (TPSA) is 3.24 Å². The van der Waals surface area contributed by atoms with Crippen LogP contribution in [0.2, 0.25) is 0 Å². The van der Waals surface area contributed by atoms with Gasteiger partial charge in [-0.2, -0.15) is 0 Å². The zero-order chi connectivity index (χ0) is 36.2. The number of nitrogens with zero attached hydrogens (tertiary/aromatic N) is 1. The van der Waals surface area contributed by atoms with E-state index in [2.05, 4.69) is 194 Å². The highest BCUT2D eigenvalue weighted by Crippen LogP contribution is 2.55. The molecule has 1 atom stereocenters. The summed E-state index contributed by atoms with van der Waals surface area (Å²) >= 11 is 0. The molecule has 0 N–H and O–H groups in total. The molecule has 52 heavy (non-hydrogen) atoms. The molecule has 0 saturated carbocycles. The number of allylic oxidation sites excluding steroid dienone is 8. The van der Waals surface area contributed by atoms with Crippen LogP contribution in [0.5, 0.6) is 0 Å². The van der Waals surface area contributed by atoms with E-state index in [1.54, 1.807) is 0 Å². The fraction of sp³-hybridized carbons (Fsp3) is 0.255. The molecule has 9 rings (SSSR count). The molecule has 5 aromatic rings. The van der Waals surface area contributed by atoms with Gasteiger partial charge in [-0.05, 0) is 132 Å². The van der Waals surface area contributed by atoms with E-state index in [-0.39, 0.29) is 16.2 Å². The third-order valence-electron chi connectivity index (χ3n) is 12.1. The number of benzene rings is 5. The van der Waals surface area contributed by atoms with Crippen molar-refractivity contribution in [3.05, 3.63) is 184 Å². The first-order valence-electron chi connectivity index (χ1n) is 19.0. The Labute approximate surface area is 310 Å². The Bertz CT molecular complexity index is 2330. The van der Waals surface area contributed by atoms with Crippen molar-refractivity contribution in [2.24, 2.45) is 0 Å². The van der Waals surface area contributed by atoms with E-state index in [1.807, 2.05) is 0 Å². The molecule has 0 aliphatic heterocycles. The van der Waals surface area contributed by atoms with E-state index < -0.39 is 0 Å². The van der Waals surface area contributed by atoms with Crippen LogP contribution in [-0.2, 0) is 16.2 Å². The predicted molar refractivity (Wildman–Crippen MR) is 222 cm³/mol. The highest BCUT2D eigenvalue weighted by molar-refractivity contribution is 5.96. The molecule has 0 aromatic heterocycles. The maximum atomic E-state index is 2.49. The second-order valence-corrected chi connectivity index (χ2v) is 17.8. The summed E-state index contributed by atoms with van der Waals surface area (Å²) in [6, 6.07) is 41.7. The zero-order valence-electron chi connectivity index (χ0n) is 31.9. The van der Waals surface area contributed by atoms with Crippen LogP contribution in [0.25, 0.3) is 22.3 Å². The molecule has 1 nitrogen and oxygen atoms in total. The highest BCUT2D eigenvalue weighted by Gasteiger charge is 2.38. The van der Waals surface area contributed by atoms with Gasteiger partial charge in [-0.15, -0.1) is 0 Å².